The Morgan fingerprint density at radius 2 is 1.97 bits per heavy atom. The smallest absolute Gasteiger partial charge is 0.259 e. The van der Waals surface area contributed by atoms with Crippen molar-refractivity contribution in [1.29, 1.82) is 0 Å². The molecule has 1 unspecified atom stereocenters. The number of hydrogen-bond donors (Lipinski definition) is 2. The van der Waals surface area contributed by atoms with Crippen molar-refractivity contribution in [2.75, 3.05) is 0 Å². The molecule has 30 heavy (non-hydrogen) atoms. The Hall–Kier alpha value is -2.47. The Bertz CT molecular complexity index is 1090. The molecule has 1 aliphatic rings. The van der Waals surface area contributed by atoms with E-state index in [4.69, 9.17) is 0 Å². The van der Waals surface area contributed by atoms with E-state index >= 15 is 0 Å². The summed E-state index contributed by atoms with van der Waals surface area (Å²) in [4.78, 5) is 35.1. The van der Waals surface area contributed by atoms with Crippen LogP contribution in [0.2, 0.25) is 0 Å². The van der Waals surface area contributed by atoms with E-state index in [0.29, 0.717) is 24.6 Å². The van der Waals surface area contributed by atoms with E-state index in [0.717, 1.165) is 41.5 Å². The molecule has 1 amide bonds. The van der Waals surface area contributed by atoms with Crippen molar-refractivity contribution in [3.63, 3.8) is 0 Å². The molecule has 2 N–H and O–H groups in total. The van der Waals surface area contributed by atoms with Crippen LogP contribution in [0, 0.1) is 5.92 Å². The molecule has 5 nitrogen and oxygen atoms in total. The molecule has 3 aromatic rings. The van der Waals surface area contributed by atoms with Gasteiger partial charge in [-0.15, -0.1) is 11.3 Å². The molecule has 1 aromatic carbocycles. The molecule has 0 spiro atoms. The Morgan fingerprint density at radius 1 is 1.20 bits per heavy atom. The van der Waals surface area contributed by atoms with Gasteiger partial charge in [-0.1, -0.05) is 44.2 Å². The maximum atomic E-state index is 12.7. The van der Waals surface area contributed by atoms with Crippen LogP contribution in [-0.4, -0.2) is 15.9 Å². The summed E-state index contributed by atoms with van der Waals surface area (Å²) in [7, 11) is 0. The van der Waals surface area contributed by atoms with E-state index in [9.17, 15) is 9.59 Å². The first-order valence-electron chi connectivity index (χ1n) is 10.9. The van der Waals surface area contributed by atoms with Crippen LogP contribution in [0.5, 0.6) is 0 Å². The minimum Gasteiger partial charge on any atom is -0.349 e. The van der Waals surface area contributed by atoms with E-state index in [2.05, 4.69) is 41.3 Å². The Labute approximate surface area is 180 Å². The quantitative estimate of drug-likeness (QED) is 0.578. The largest absolute Gasteiger partial charge is 0.349 e. The number of carbonyl (C=O) groups is 1. The molecule has 1 atom stereocenters. The molecule has 0 radical (unpaired) electrons. The number of aryl methyl sites for hydroxylation is 3. The fraction of sp³-hybridized carbons (Fsp3) is 0.458. The maximum Gasteiger partial charge on any atom is 0.259 e. The topological polar surface area (TPSA) is 74.8 Å². The first-order valence-corrected chi connectivity index (χ1v) is 11.7. The van der Waals surface area contributed by atoms with Crippen LogP contribution in [0.25, 0.3) is 10.2 Å². The lowest BCUT2D eigenvalue weighted by atomic mass is 9.97. The van der Waals surface area contributed by atoms with Gasteiger partial charge in [0.15, 0.2) is 0 Å². The standard InChI is InChI=1S/C24H29N3O2S/c1-15(2)14-18(16-8-4-3-5-9-16)25-21(28)13-12-20-26-23(29)22-17-10-6-7-11-19(17)30-24(22)27-20/h3-5,8-9,15,18H,6-7,10-14H2,1-2H3,(H,25,28)(H,26,27,29). The fourth-order valence-corrected chi connectivity index (χ4v) is 5.54. The number of amides is 1. The number of nitrogens with zero attached hydrogens (tertiary/aromatic N) is 1. The second-order valence-corrected chi connectivity index (χ2v) is 9.65. The lowest BCUT2D eigenvalue weighted by molar-refractivity contribution is -0.121. The van der Waals surface area contributed by atoms with Crippen LogP contribution >= 0.6 is 11.3 Å². The van der Waals surface area contributed by atoms with Crippen molar-refractivity contribution in [3.05, 3.63) is 62.5 Å². The minimum absolute atomic E-state index is 0.00258. The molecule has 0 saturated heterocycles. The van der Waals surface area contributed by atoms with Gasteiger partial charge in [0.25, 0.3) is 5.56 Å². The number of carbonyl (C=O) groups excluding carboxylic acids is 1. The molecular formula is C24H29N3O2S. The highest BCUT2D eigenvalue weighted by Crippen LogP contribution is 2.33. The van der Waals surface area contributed by atoms with Gasteiger partial charge in [0.2, 0.25) is 5.91 Å². The average molecular weight is 424 g/mol. The first kappa shape index (κ1) is 20.8. The van der Waals surface area contributed by atoms with E-state index in [1.807, 2.05) is 18.2 Å². The summed E-state index contributed by atoms with van der Waals surface area (Å²) in [6.45, 7) is 4.32. The van der Waals surface area contributed by atoms with Gasteiger partial charge in [-0.3, -0.25) is 9.59 Å². The zero-order valence-corrected chi connectivity index (χ0v) is 18.5. The van der Waals surface area contributed by atoms with Crippen LogP contribution in [-0.2, 0) is 24.1 Å². The third-order valence-corrected chi connectivity index (χ3v) is 6.89. The van der Waals surface area contributed by atoms with Gasteiger partial charge in [-0.25, -0.2) is 4.98 Å². The number of H-pyrrole nitrogens is 1. The highest BCUT2D eigenvalue weighted by Gasteiger charge is 2.20. The Balaban J connectivity index is 1.45. The SMILES string of the molecule is CC(C)CC(NC(=O)CCc1nc2sc3c(c2c(=O)[nH]1)CCCC3)c1ccccc1. The van der Waals surface area contributed by atoms with Gasteiger partial charge < -0.3 is 10.3 Å². The second-order valence-electron chi connectivity index (χ2n) is 8.56. The molecule has 158 valence electrons. The predicted octanol–water partition coefficient (Wildman–Crippen LogP) is 4.70. The summed E-state index contributed by atoms with van der Waals surface area (Å²) in [6, 6.07) is 10.1. The van der Waals surface area contributed by atoms with Crippen molar-refractivity contribution in [2.45, 2.75) is 64.8 Å². The number of rotatable bonds is 7. The van der Waals surface area contributed by atoms with Crippen LogP contribution in [0.1, 0.15) is 67.4 Å². The summed E-state index contributed by atoms with van der Waals surface area (Å²) < 4.78 is 0. The summed E-state index contributed by atoms with van der Waals surface area (Å²) in [6.07, 6.45) is 5.97. The van der Waals surface area contributed by atoms with E-state index < -0.39 is 0 Å². The fourth-order valence-electron chi connectivity index (χ4n) is 4.26. The second kappa shape index (κ2) is 9.13. The number of nitrogens with one attached hydrogen (secondary N) is 2. The Kier molecular flexibility index (Phi) is 6.32. The number of benzene rings is 1. The van der Waals surface area contributed by atoms with Crippen LogP contribution in [0.15, 0.2) is 35.1 Å². The normalized spacial score (nSPS) is 14.6. The van der Waals surface area contributed by atoms with Gasteiger partial charge in [-0.05, 0) is 49.1 Å². The van der Waals surface area contributed by atoms with E-state index in [-0.39, 0.29) is 17.5 Å². The molecule has 0 saturated carbocycles. The van der Waals surface area contributed by atoms with E-state index in [1.54, 1.807) is 11.3 Å². The molecule has 0 bridgehead atoms. The molecule has 2 aromatic heterocycles. The molecule has 0 aliphatic heterocycles. The van der Waals surface area contributed by atoms with Gasteiger partial charge in [0.1, 0.15) is 10.7 Å². The van der Waals surface area contributed by atoms with Crippen LogP contribution in [0.4, 0.5) is 0 Å². The highest BCUT2D eigenvalue weighted by atomic mass is 32.1. The van der Waals surface area contributed by atoms with Gasteiger partial charge in [-0.2, -0.15) is 0 Å². The minimum atomic E-state index is -0.0585. The number of hydrogen-bond acceptors (Lipinski definition) is 4. The maximum absolute atomic E-state index is 12.7. The number of fused-ring (bicyclic) bond motifs is 3. The number of thiophene rings is 1. The molecule has 0 fully saturated rings. The van der Waals surface area contributed by atoms with Crippen LogP contribution in [0.3, 0.4) is 0 Å². The van der Waals surface area contributed by atoms with Gasteiger partial charge >= 0.3 is 0 Å². The lowest BCUT2D eigenvalue weighted by Crippen LogP contribution is -2.30. The van der Waals surface area contributed by atoms with Gasteiger partial charge in [0, 0.05) is 17.7 Å². The number of aromatic nitrogens is 2. The van der Waals surface area contributed by atoms with Crippen molar-refractivity contribution < 1.29 is 4.79 Å². The first-order chi connectivity index (χ1) is 14.5. The lowest BCUT2D eigenvalue weighted by Gasteiger charge is -2.21. The molecule has 4 rings (SSSR count). The molecular weight excluding hydrogens is 394 g/mol. The summed E-state index contributed by atoms with van der Waals surface area (Å²) in [5.41, 5.74) is 2.26. The van der Waals surface area contributed by atoms with Crippen LogP contribution < -0.4 is 10.9 Å². The third kappa shape index (κ3) is 4.64. The van der Waals surface area contributed by atoms with Crippen molar-refractivity contribution in [2.24, 2.45) is 5.92 Å². The summed E-state index contributed by atoms with van der Waals surface area (Å²) in [5.74, 6) is 1.06. The van der Waals surface area contributed by atoms with Crippen molar-refractivity contribution in [1.82, 2.24) is 15.3 Å². The monoisotopic (exact) mass is 423 g/mol. The highest BCUT2D eigenvalue weighted by molar-refractivity contribution is 7.18. The Morgan fingerprint density at radius 3 is 2.73 bits per heavy atom. The van der Waals surface area contributed by atoms with Crippen molar-refractivity contribution in [3.8, 4) is 0 Å². The predicted molar refractivity (Wildman–Crippen MR) is 122 cm³/mol. The number of aromatic amines is 1. The van der Waals surface area contributed by atoms with Crippen molar-refractivity contribution >= 4 is 27.5 Å². The third-order valence-electron chi connectivity index (χ3n) is 5.71. The summed E-state index contributed by atoms with van der Waals surface area (Å²) >= 11 is 1.65. The zero-order valence-electron chi connectivity index (χ0n) is 17.7. The molecule has 2 heterocycles. The molecule has 1 aliphatic carbocycles. The molecule has 6 heteroatoms. The van der Waals surface area contributed by atoms with E-state index in [1.165, 1.54) is 16.9 Å². The average Bonchev–Trinajstić information content (AvgIpc) is 3.11. The zero-order chi connectivity index (χ0) is 21.1. The summed E-state index contributed by atoms with van der Waals surface area (Å²) in [5, 5.41) is 3.94. The van der Waals surface area contributed by atoms with Gasteiger partial charge in [0.05, 0.1) is 11.4 Å².